The Labute approximate surface area is 47.1 Å². The van der Waals surface area contributed by atoms with E-state index in [-0.39, 0.29) is 5.78 Å². The van der Waals surface area contributed by atoms with Gasteiger partial charge in [0.05, 0.1) is 6.26 Å². The summed E-state index contributed by atoms with van der Waals surface area (Å²) in [5, 5.41) is 0. The number of rotatable bonds is 1. The zero-order chi connectivity index (χ0) is 5.98. The summed E-state index contributed by atoms with van der Waals surface area (Å²) in [6.45, 7) is 1.47. The van der Waals surface area contributed by atoms with Crippen molar-refractivity contribution in [1.29, 1.82) is 0 Å². The van der Waals surface area contributed by atoms with Gasteiger partial charge in [0, 0.05) is 6.92 Å². The Morgan fingerprint density at radius 2 is 2.50 bits per heavy atom. The van der Waals surface area contributed by atoms with Crippen LogP contribution in [-0.4, -0.2) is 5.78 Å². The number of carbonyl (C=O) groups excluding carboxylic acids is 1. The van der Waals surface area contributed by atoms with E-state index in [0.29, 0.717) is 5.76 Å². The lowest BCUT2D eigenvalue weighted by molar-refractivity contribution is 0.0987. The predicted molar refractivity (Wildman–Crippen MR) is 28.7 cm³/mol. The maximum absolute atomic E-state index is 10.4. The van der Waals surface area contributed by atoms with E-state index in [9.17, 15) is 4.79 Å². The van der Waals surface area contributed by atoms with Gasteiger partial charge in [0.15, 0.2) is 11.5 Å². The zero-order valence-corrected chi connectivity index (χ0v) is 4.55. The van der Waals surface area contributed by atoms with E-state index in [1.54, 1.807) is 12.1 Å². The van der Waals surface area contributed by atoms with E-state index >= 15 is 0 Å². The van der Waals surface area contributed by atoms with Gasteiger partial charge in [0.25, 0.3) is 0 Å². The van der Waals surface area contributed by atoms with Gasteiger partial charge >= 0.3 is 0 Å². The molecule has 0 aromatic carbocycles. The molecule has 0 aliphatic heterocycles. The van der Waals surface area contributed by atoms with E-state index in [4.69, 9.17) is 4.42 Å². The van der Waals surface area contributed by atoms with Crippen molar-refractivity contribution in [3.05, 3.63) is 24.2 Å². The molecule has 1 heterocycles. The molecule has 0 saturated heterocycles. The molecule has 0 N–H and O–H groups in total. The Morgan fingerprint density at radius 3 is 2.75 bits per heavy atom. The van der Waals surface area contributed by atoms with E-state index in [1.165, 1.54) is 13.2 Å². The van der Waals surface area contributed by atoms with Crippen LogP contribution in [0.25, 0.3) is 0 Å². The predicted octanol–water partition coefficient (Wildman–Crippen LogP) is 1.48. The highest BCUT2D eigenvalue weighted by Gasteiger charge is 1.97. The monoisotopic (exact) mass is 109 g/mol. The van der Waals surface area contributed by atoms with Crippen molar-refractivity contribution in [2.75, 3.05) is 0 Å². The molecule has 0 atom stereocenters. The van der Waals surface area contributed by atoms with Gasteiger partial charge in [-0.15, -0.1) is 0 Å². The van der Waals surface area contributed by atoms with Gasteiger partial charge in [-0.05, 0) is 12.1 Å². The standard InChI is InChI=1S/C6H6O2/c1-5(7)6-3-2-4-8-6/h2-4H,1H3/i5-1. The van der Waals surface area contributed by atoms with Gasteiger partial charge in [-0.25, -0.2) is 0 Å². The Morgan fingerprint density at radius 1 is 1.75 bits per heavy atom. The Hall–Kier alpha value is -1.05. The van der Waals surface area contributed by atoms with Crippen molar-refractivity contribution in [3.8, 4) is 0 Å². The van der Waals surface area contributed by atoms with Crippen LogP contribution in [0.4, 0.5) is 0 Å². The fourth-order valence-corrected chi connectivity index (χ4v) is 0.479. The van der Waals surface area contributed by atoms with Gasteiger partial charge in [-0.2, -0.15) is 0 Å². The van der Waals surface area contributed by atoms with Gasteiger partial charge in [0.2, 0.25) is 0 Å². The van der Waals surface area contributed by atoms with E-state index in [2.05, 4.69) is 0 Å². The van der Waals surface area contributed by atoms with Crippen LogP contribution in [0.2, 0.25) is 0 Å². The number of furan rings is 1. The van der Waals surface area contributed by atoms with Crippen LogP contribution in [0.5, 0.6) is 0 Å². The number of Topliss-reactive ketones (excluding diaryl/α,β-unsaturated/α-hetero) is 1. The highest BCUT2D eigenvalue weighted by atomic mass is 16.3. The molecule has 2 heteroatoms. The van der Waals surface area contributed by atoms with Gasteiger partial charge in [-0.1, -0.05) is 0 Å². The summed E-state index contributed by atoms with van der Waals surface area (Å²) in [7, 11) is 0. The lowest BCUT2D eigenvalue weighted by Gasteiger charge is -1.80. The fraction of sp³-hybridized carbons (Fsp3) is 0.167. The second-order valence-corrected chi connectivity index (χ2v) is 1.53. The minimum absolute atomic E-state index is 0.0324. The average molecular weight is 109 g/mol. The summed E-state index contributed by atoms with van der Waals surface area (Å²) >= 11 is 0. The Balaban J connectivity index is 2.93. The Bertz CT molecular complexity index is 174. The fourth-order valence-electron chi connectivity index (χ4n) is 0.479. The molecule has 42 valence electrons. The van der Waals surface area contributed by atoms with Crippen LogP contribution in [0.15, 0.2) is 22.8 Å². The maximum atomic E-state index is 10.4. The number of carbonyl (C=O) groups is 1. The molecule has 0 spiro atoms. The first-order valence-corrected chi connectivity index (χ1v) is 2.35. The molecule has 0 radical (unpaired) electrons. The molecule has 1 rings (SSSR count). The molecule has 0 unspecified atom stereocenters. The summed E-state index contributed by atoms with van der Waals surface area (Å²) < 4.78 is 4.75. The van der Waals surface area contributed by atoms with Crippen molar-refractivity contribution in [3.63, 3.8) is 0 Å². The highest BCUT2D eigenvalue weighted by Crippen LogP contribution is 1.98. The molecule has 0 bridgehead atoms. The van der Waals surface area contributed by atoms with Gasteiger partial charge in [0.1, 0.15) is 0 Å². The maximum Gasteiger partial charge on any atom is 0.194 e. The summed E-state index contributed by atoms with van der Waals surface area (Å²) in [5.41, 5.74) is 0. The smallest absolute Gasteiger partial charge is 0.194 e. The second kappa shape index (κ2) is 1.82. The average Bonchev–Trinajstić information content (AvgIpc) is 2.12. The topological polar surface area (TPSA) is 30.2 Å². The molecule has 0 saturated carbocycles. The van der Waals surface area contributed by atoms with Crippen molar-refractivity contribution < 1.29 is 9.21 Å². The van der Waals surface area contributed by atoms with Gasteiger partial charge in [-0.3, -0.25) is 4.79 Å². The minimum atomic E-state index is -0.0324. The van der Waals surface area contributed by atoms with Crippen molar-refractivity contribution in [1.82, 2.24) is 0 Å². The molecule has 8 heavy (non-hydrogen) atoms. The van der Waals surface area contributed by atoms with Crippen LogP contribution >= 0.6 is 0 Å². The van der Waals surface area contributed by atoms with Crippen LogP contribution < -0.4 is 0 Å². The summed E-state index contributed by atoms with van der Waals surface area (Å²) in [4.78, 5) is 10.4. The largest absolute Gasteiger partial charge is 0.461 e. The first kappa shape index (κ1) is 5.09. The SMILES string of the molecule is C[11C](=O)c1ccco1. The third-order valence-electron chi connectivity index (χ3n) is 0.868. The molecule has 2 nitrogen and oxygen atoms in total. The number of hydrogen-bond donors (Lipinski definition) is 0. The highest BCUT2D eigenvalue weighted by molar-refractivity contribution is 5.91. The lowest BCUT2D eigenvalue weighted by Crippen LogP contribution is -1.85. The molecule has 0 fully saturated rings. The third-order valence-corrected chi connectivity index (χ3v) is 0.868. The summed E-state index contributed by atoms with van der Waals surface area (Å²) in [6, 6.07) is 3.33. The molecule has 0 aliphatic carbocycles. The van der Waals surface area contributed by atoms with Gasteiger partial charge < -0.3 is 4.42 Å². The van der Waals surface area contributed by atoms with E-state index in [0.717, 1.165) is 0 Å². The molecule has 1 aromatic heterocycles. The van der Waals surface area contributed by atoms with E-state index in [1.807, 2.05) is 0 Å². The number of ketones is 1. The van der Waals surface area contributed by atoms with Crippen molar-refractivity contribution in [2.24, 2.45) is 0 Å². The van der Waals surface area contributed by atoms with Crippen molar-refractivity contribution >= 4 is 5.78 Å². The third kappa shape index (κ3) is 0.780. The quantitative estimate of drug-likeness (QED) is 0.511. The second-order valence-electron chi connectivity index (χ2n) is 1.53. The van der Waals surface area contributed by atoms with Crippen LogP contribution in [0, 0.1) is 0 Å². The molecule has 0 amide bonds. The van der Waals surface area contributed by atoms with Crippen LogP contribution in [0.3, 0.4) is 0 Å². The summed E-state index contributed by atoms with van der Waals surface area (Å²) in [6.07, 6.45) is 1.48. The van der Waals surface area contributed by atoms with E-state index < -0.39 is 0 Å². The minimum Gasteiger partial charge on any atom is -0.461 e. The zero-order valence-electron chi connectivity index (χ0n) is 4.55. The first-order chi connectivity index (χ1) is 3.80. The molecular weight excluding hydrogens is 103 g/mol. The van der Waals surface area contributed by atoms with Crippen molar-refractivity contribution in [2.45, 2.75) is 6.92 Å². The molecule has 0 aliphatic rings. The lowest BCUT2D eigenvalue weighted by atomic mass is 9.87. The molecular formula is C6H6O2. The normalized spacial score (nSPS) is 9.12. The summed E-state index contributed by atoms with van der Waals surface area (Å²) in [5.74, 6) is 0.389. The first-order valence-electron chi connectivity index (χ1n) is 2.35. The number of hydrogen-bond acceptors (Lipinski definition) is 2. The van der Waals surface area contributed by atoms with Crippen LogP contribution in [0.1, 0.15) is 17.5 Å². The molecule has 1 aromatic rings. The Kier molecular flexibility index (Phi) is 1.16. The van der Waals surface area contributed by atoms with Crippen LogP contribution in [-0.2, 0) is 0 Å².